The summed E-state index contributed by atoms with van der Waals surface area (Å²) in [6.07, 6.45) is 1.54. The molecular weight excluding hydrogens is 400 g/mol. The Labute approximate surface area is 178 Å². The second-order valence-corrected chi connectivity index (χ2v) is 7.52. The third kappa shape index (κ3) is 5.27. The fraction of sp³-hybridized carbons (Fsp3) is 0.130. The highest BCUT2D eigenvalue weighted by Gasteiger charge is 2.09. The van der Waals surface area contributed by atoms with Crippen molar-refractivity contribution in [3.63, 3.8) is 0 Å². The summed E-state index contributed by atoms with van der Waals surface area (Å²) in [6, 6.07) is 18.8. The van der Waals surface area contributed by atoms with Crippen molar-refractivity contribution in [3.8, 4) is 28.0 Å². The zero-order chi connectivity index (χ0) is 20.8. The lowest BCUT2D eigenvalue weighted by Crippen LogP contribution is -2.28. The summed E-state index contributed by atoms with van der Waals surface area (Å²) in [7, 11) is 0. The van der Waals surface area contributed by atoms with E-state index in [1.807, 2.05) is 48.7 Å². The number of oxazole rings is 1. The zero-order valence-corrected chi connectivity index (χ0v) is 17.1. The van der Waals surface area contributed by atoms with Crippen LogP contribution in [0.5, 0.6) is 17.2 Å². The van der Waals surface area contributed by atoms with Crippen LogP contribution in [0, 0.1) is 6.92 Å². The number of carbonyl (C=O) groups is 1. The molecule has 0 saturated heterocycles. The minimum atomic E-state index is -0.240. The van der Waals surface area contributed by atoms with E-state index in [4.69, 9.17) is 13.9 Å². The SMILES string of the molecule is Cc1ccc(Oc2ccc(OCC(=O)NCc3coc(-c4cccs4)n3)cc2)cc1. The van der Waals surface area contributed by atoms with Crippen molar-refractivity contribution in [3.05, 3.63) is 83.6 Å². The molecule has 0 fully saturated rings. The molecule has 2 aromatic carbocycles. The summed E-state index contributed by atoms with van der Waals surface area (Å²) in [5, 5.41) is 4.73. The van der Waals surface area contributed by atoms with Crippen LogP contribution in [0.1, 0.15) is 11.3 Å². The van der Waals surface area contributed by atoms with Crippen LogP contribution in [-0.2, 0) is 11.3 Å². The third-order valence-corrected chi connectivity index (χ3v) is 5.06. The molecule has 0 aliphatic carbocycles. The fourth-order valence-electron chi connectivity index (χ4n) is 2.64. The van der Waals surface area contributed by atoms with Crippen molar-refractivity contribution in [2.75, 3.05) is 6.61 Å². The Morgan fingerprint density at radius 1 is 1.03 bits per heavy atom. The summed E-state index contributed by atoms with van der Waals surface area (Å²) in [5.41, 5.74) is 1.83. The molecule has 4 rings (SSSR count). The normalized spacial score (nSPS) is 10.6. The number of ether oxygens (including phenoxy) is 2. The molecule has 1 amide bonds. The van der Waals surface area contributed by atoms with Crippen LogP contribution in [0.3, 0.4) is 0 Å². The Morgan fingerprint density at radius 3 is 2.43 bits per heavy atom. The van der Waals surface area contributed by atoms with Gasteiger partial charge in [-0.2, -0.15) is 0 Å². The second kappa shape index (κ2) is 9.28. The number of aryl methyl sites for hydroxylation is 1. The van der Waals surface area contributed by atoms with E-state index in [1.54, 1.807) is 41.9 Å². The minimum Gasteiger partial charge on any atom is -0.484 e. The largest absolute Gasteiger partial charge is 0.484 e. The molecule has 0 unspecified atom stereocenters. The van der Waals surface area contributed by atoms with Crippen LogP contribution in [0.15, 0.2) is 76.7 Å². The van der Waals surface area contributed by atoms with Crippen LogP contribution < -0.4 is 14.8 Å². The molecule has 30 heavy (non-hydrogen) atoms. The second-order valence-electron chi connectivity index (χ2n) is 6.57. The maximum absolute atomic E-state index is 12.0. The summed E-state index contributed by atoms with van der Waals surface area (Å²) < 4.78 is 16.7. The maximum Gasteiger partial charge on any atom is 0.258 e. The molecule has 0 spiro atoms. The Balaban J connectivity index is 1.22. The van der Waals surface area contributed by atoms with Crippen LogP contribution in [0.4, 0.5) is 0 Å². The van der Waals surface area contributed by atoms with Crippen molar-refractivity contribution in [1.82, 2.24) is 10.3 Å². The minimum absolute atomic E-state index is 0.0895. The van der Waals surface area contributed by atoms with E-state index in [0.717, 1.165) is 10.6 Å². The Kier molecular flexibility index (Phi) is 6.10. The summed E-state index contributed by atoms with van der Waals surface area (Å²) in [5.74, 6) is 2.36. The van der Waals surface area contributed by atoms with Crippen molar-refractivity contribution < 1.29 is 18.7 Å². The third-order valence-electron chi connectivity index (χ3n) is 4.20. The molecule has 0 aliphatic rings. The van der Waals surface area contributed by atoms with Crippen molar-refractivity contribution >= 4 is 17.2 Å². The highest BCUT2D eigenvalue weighted by atomic mass is 32.1. The first-order valence-electron chi connectivity index (χ1n) is 9.38. The number of nitrogens with zero attached hydrogens (tertiary/aromatic N) is 1. The lowest BCUT2D eigenvalue weighted by molar-refractivity contribution is -0.123. The first-order valence-corrected chi connectivity index (χ1v) is 10.3. The van der Waals surface area contributed by atoms with E-state index in [-0.39, 0.29) is 19.1 Å². The molecule has 1 N–H and O–H groups in total. The Hall–Kier alpha value is -3.58. The van der Waals surface area contributed by atoms with E-state index in [9.17, 15) is 4.79 Å². The van der Waals surface area contributed by atoms with Crippen LogP contribution in [0.25, 0.3) is 10.8 Å². The van der Waals surface area contributed by atoms with Gasteiger partial charge >= 0.3 is 0 Å². The highest BCUT2D eigenvalue weighted by molar-refractivity contribution is 7.13. The quantitative estimate of drug-likeness (QED) is 0.424. The van der Waals surface area contributed by atoms with E-state index in [2.05, 4.69) is 10.3 Å². The van der Waals surface area contributed by atoms with Gasteiger partial charge in [-0.1, -0.05) is 23.8 Å². The average molecular weight is 420 g/mol. The van der Waals surface area contributed by atoms with Gasteiger partial charge in [0.2, 0.25) is 5.89 Å². The fourth-order valence-corrected chi connectivity index (χ4v) is 3.29. The number of rotatable bonds is 8. The highest BCUT2D eigenvalue weighted by Crippen LogP contribution is 2.25. The van der Waals surface area contributed by atoms with Gasteiger partial charge in [-0.05, 0) is 54.8 Å². The monoisotopic (exact) mass is 420 g/mol. The van der Waals surface area contributed by atoms with Gasteiger partial charge in [0, 0.05) is 0 Å². The number of amides is 1. The molecule has 0 saturated carbocycles. The van der Waals surface area contributed by atoms with Gasteiger partial charge in [-0.25, -0.2) is 4.98 Å². The molecule has 0 aliphatic heterocycles. The van der Waals surface area contributed by atoms with Crippen LogP contribution >= 0.6 is 11.3 Å². The molecule has 4 aromatic rings. The topological polar surface area (TPSA) is 73.6 Å². The predicted molar refractivity (Wildman–Crippen MR) is 115 cm³/mol. The Morgan fingerprint density at radius 2 is 1.73 bits per heavy atom. The predicted octanol–water partition coefficient (Wildman–Crippen LogP) is 5.20. The maximum atomic E-state index is 12.0. The van der Waals surface area contributed by atoms with Gasteiger partial charge in [0.1, 0.15) is 23.5 Å². The van der Waals surface area contributed by atoms with E-state index in [0.29, 0.717) is 23.1 Å². The summed E-state index contributed by atoms with van der Waals surface area (Å²) in [4.78, 5) is 17.4. The molecule has 152 valence electrons. The van der Waals surface area contributed by atoms with Crippen molar-refractivity contribution in [2.24, 2.45) is 0 Å². The smallest absolute Gasteiger partial charge is 0.258 e. The molecule has 0 atom stereocenters. The molecule has 2 aromatic heterocycles. The molecule has 2 heterocycles. The van der Waals surface area contributed by atoms with Gasteiger partial charge in [0.15, 0.2) is 6.61 Å². The van der Waals surface area contributed by atoms with Gasteiger partial charge < -0.3 is 19.2 Å². The van der Waals surface area contributed by atoms with Crippen LogP contribution in [0.2, 0.25) is 0 Å². The number of benzene rings is 2. The Bertz CT molecular complexity index is 1090. The average Bonchev–Trinajstić information content (AvgIpc) is 3.45. The van der Waals surface area contributed by atoms with E-state index in [1.165, 1.54) is 5.56 Å². The van der Waals surface area contributed by atoms with Crippen LogP contribution in [-0.4, -0.2) is 17.5 Å². The van der Waals surface area contributed by atoms with Gasteiger partial charge in [-0.3, -0.25) is 4.79 Å². The summed E-state index contributed by atoms with van der Waals surface area (Å²) in [6.45, 7) is 2.22. The first-order chi connectivity index (χ1) is 14.7. The number of aromatic nitrogens is 1. The van der Waals surface area contributed by atoms with Crippen molar-refractivity contribution in [1.29, 1.82) is 0 Å². The van der Waals surface area contributed by atoms with E-state index < -0.39 is 0 Å². The number of hydrogen-bond donors (Lipinski definition) is 1. The molecule has 0 radical (unpaired) electrons. The van der Waals surface area contributed by atoms with Crippen molar-refractivity contribution in [2.45, 2.75) is 13.5 Å². The number of carbonyl (C=O) groups excluding carboxylic acids is 1. The molecule has 7 heteroatoms. The zero-order valence-electron chi connectivity index (χ0n) is 16.3. The number of nitrogens with one attached hydrogen (secondary N) is 1. The summed E-state index contributed by atoms with van der Waals surface area (Å²) >= 11 is 1.55. The lowest BCUT2D eigenvalue weighted by Gasteiger charge is -2.09. The molecule has 6 nitrogen and oxygen atoms in total. The number of thiophene rings is 1. The van der Waals surface area contributed by atoms with Gasteiger partial charge in [0.05, 0.1) is 17.1 Å². The standard InChI is InChI=1S/C23H20N2O4S/c1-16-4-6-19(7-5-16)29-20-10-8-18(9-11-20)27-15-22(26)24-13-17-14-28-23(25-17)21-3-2-12-30-21/h2-12,14H,13,15H2,1H3,(H,24,26). The number of hydrogen-bond acceptors (Lipinski definition) is 6. The molecule has 0 bridgehead atoms. The van der Waals surface area contributed by atoms with E-state index >= 15 is 0 Å². The first kappa shape index (κ1) is 19.7. The molecular formula is C23H20N2O4S. The van der Waals surface area contributed by atoms with Gasteiger partial charge in [0.25, 0.3) is 5.91 Å². The van der Waals surface area contributed by atoms with Gasteiger partial charge in [-0.15, -0.1) is 11.3 Å². The lowest BCUT2D eigenvalue weighted by atomic mass is 10.2.